The lowest BCUT2D eigenvalue weighted by Gasteiger charge is -2.13. The second-order valence-corrected chi connectivity index (χ2v) is 8.58. The summed E-state index contributed by atoms with van der Waals surface area (Å²) in [5, 5.41) is 4.71. The molecule has 0 bridgehead atoms. The van der Waals surface area contributed by atoms with Crippen LogP contribution in [0, 0.1) is 5.82 Å². The zero-order valence-corrected chi connectivity index (χ0v) is 18.5. The number of thioether (sulfide) groups is 1. The maximum Gasteiger partial charge on any atom is 0.266 e. The normalized spacial score (nSPS) is 15.3. The molecule has 3 aromatic rings. The minimum Gasteiger partial charge on any atom is -0.385 e. The van der Waals surface area contributed by atoms with Crippen molar-refractivity contribution in [2.75, 3.05) is 20.3 Å². The maximum absolute atomic E-state index is 13.5. The van der Waals surface area contributed by atoms with E-state index in [1.54, 1.807) is 34.9 Å². The summed E-state index contributed by atoms with van der Waals surface area (Å²) in [7, 11) is 1.63. The Morgan fingerprint density at radius 2 is 1.90 bits per heavy atom. The number of halogens is 1. The number of hydrogen-bond donors (Lipinski definition) is 0. The van der Waals surface area contributed by atoms with Crippen LogP contribution in [0.5, 0.6) is 0 Å². The summed E-state index contributed by atoms with van der Waals surface area (Å²) in [6.45, 7) is 1.08. The van der Waals surface area contributed by atoms with Gasteiger partial charge in [0.1, 0.15) is 10.1 Å². The van der Waals surface area contributed by atoms with E-state index >= 15 is 0 Å². The van der Waals surface area contributed by atoms with Crippen LogP contribution < -0.4 is 0 Å². The molecule has 31 heavy (non-hydrogen) atoms. The van der Waals surface area contributed by atoms with Crippen LogP contribution in [0.3, 0.4) is 0 Å². The molecule has 0 radical (unpaired) electrons. The molecule has 1 aromatic heterocycles. The third-order valence-electron chi connectivity index (χ3n) is 4.77. The molecule has 0 atom stereocenters. The fraction of sp³-hybridized carbons (Fsp3) is 0.174. The van der Waals surface area contributed by atoms with Gasteiger partial charge in [0.25, 0.3) is 5.91 Å². The molecule has 0 spiro atoms. The molecule has 1 aliphatic rings. The van der Waals surface area contributed by atoms with Crippen LogP contribution >= 0.6 is 24.0 Å². The van der Waals surface area contributed by atoms with Gasteiger partial charge in [0.05, 0.1) is 16.3 Å². The highest BCUT2D eigenvalue weighted by Gasteiger charge is 2.32. The van der Waals surface area contributed by atoms with Crippen molar-refractivity contribution in [2.24, 2.45) is 0 Å². The first-order valence-corrected chi connectivity index (χ1v) is 10.9. The second kappa shape index (κ2) is 9.55. The van der Waals surface area contributed by atoms with Gasteiger partial charge in [-0.15, -0.1) is 0 Å². The third kappa shape index (κ3) is 4.76. The van der Waals surface area contributed by atoms with Crippen LogP contribution in [0.4, 0.5) is 4.39 Å². The highest BCUT2D eigenvalue weighted by atomic mass is 32.2. The van der Waals surface area contributed by atoms with Crippen molar-refractivity contribution in [3.63, 3.8) is 0 Å². The van der Waals surface area contributed by atoms with Gasteiger partial charge in [-0.2, -0.15) is 5.10 Å². The van der Waals surface area contributed by atoms with E-state index in [9.17, 15) is 9.18 Å². The quantitative estimate of drug-likeness (QED) is 0.289. The van der Waals surface area contributed by atoms with Gasteiger partial charge in [-0.1, -0.05) is 42.2 Å². The average molecular weight is 454 g/mol. The van der Waals surface area contributed by atoms with Crippen molar-refractivity contribution in [3.05, 3.63) is 77.1 Å². The SMILES string of the molecule is COCCCN1C(=O)/C(=C\c2cn(-c3ccccc3)nc2-c2ccc(F)cc2)SC1=S. The number of carbonyl (C=O) groups is 1. The Kier molecular flexibility index (Phi) is 6.60. The summed E-state index contributed by atoms with van der Waals surface area (Å²) in [6, 6.07) is 15.8. The van der Waals surface area contributed by atoms with Crippen molar-refractivity contribution in [1.82, 2.24) is 14.7 Å². The van der Waals surface area contributed by atoms with Crippen molar-refractivity contribution < 1.29 is 13.9 Å². The lowest BCUT2D eigenvalue weighted by Crippen LogP contribution is -2.29. The van der Waals surface area contributed by atoms with Crippen molar-refractivity contribution >= 4 is 40.3 Å². The van der Waals surface area contributed by atoms with E-state index < -0.39 is 0 Å². The first-order chi connectivity index (χ1) is 15.1. The predicted molar refractivity (Wildman–Crippen MR) is 125 cm³/mol. The predicted octanol–water partition coefficient (Wildman–Crippen LogP) is 4.92. The molecular weight excluding hydrogens is 433 g/mol. The molecule has 1 fully saturated rings. The van der Waals surface area contributed by atoms with Crippen molar-refractivity contribution in [2.45, 2.75) is 6.42 Å². The van der Waals surface area contributed by atoms with E-state index in [4.69, 9.17) is 22.1 Å². The summed E-state index contributed by atoms with van der Waals surface area (Å²) in [4.78, 5) is 15.1. The molecule has 0 saturated carbocycles. The summed E-state index contributed by atoms with van der Waals surface area (Å²) < 4.78 is 20.8. The zero-order chi connectivity index (χ0) is 21.8. The Labute approximate surface area is 189 Å². The maximum atomic E-state index is 13.5. The summed E-state index contributed by atoms with van der Waals surface area (Å²) in [6.07, 6.45) is 4.38. The first kappa shape index (κ1) is 21.4. The number of aromatic nitrogens is 2. The Balaban J connectivity index is 1.71. The molecule has 1 saturated heterocycles. The van der Waals surface area contributed by atoms with Crippen LogP contribution in [0.25, 0.3) is 23.0 Å². The topological polar surface area (TPSA) is 47.4 Å². The van der Waals surface area contributed by atoms with Gasteiger partial charge in [0.2, 0.25) is 0 Å². The van der Waals surface area contributed by atoms with Gasteiger partial charge in [-0.3, -0.25) is 9.69 Å². The fourth-order valence-electron chi connectivity index (χ4n) is 3.24. The average Bonchev–Trinajstić information content (AvgIpc) is 3.31. The number of hydrogen-bond acceptors (Lipinski definition) is 5. The number of para-hydroxylation sites is 1. The minimum absolute atomic E-state index is 0.122. The summed E-state index contributed by atoms with van der Waals surface area (Å²) in [5.74, 6) is -0.437. The largest absolute Gasteiger partial charge is 0.385 e. The number of benzene rings is 2. The molecule has 4 rings (SSSR count). The second-order valence-electron chi connectivity index (χ2n) is 6.90. The van der Waals surface area contributed by atoms with Crippen LogP contribution in [-0.2, 0) is 9.53 Å². The van der Waals surface area contributed by atoms with Gasteiger partial charge >= 0.3 is 0 Å². The standard InChI is InChI=1S/C23H20FN3O2S2/c1-29-13-5-12-26-22(28)20(31-23(26)30)14-17-15-27(19-6-3-2-4-7-19)25-21(17)16-8-10-18(24)11-9-16/h2-4,6-11,14-15H,5,12-13H2,1H3/b20-14+. The molecule has 1 amide bonds. The number of carbonyl (C=O) groups excluding carboxylic acids is 1. The fourth-order valence-corrected chi connectivity index (χ4v) is 4.54. The highest BCUT2D eigenvalue weighted by Crippen LogP contribution is 2.35. The molecule has 1 aliphatic heterocycles. The number of amides is 1. The van der Waals surface area contributed by atoms with Crippen LogP contribution in [-0.4, -0.2) is 45.2 Å². The van der Waals surface area contributed by atoms with E-state index in [0.717, 1.165) is 16.8 Å². The van der Waals surface area contributed by atoms with Gasteiger partial charge in [0, 0.05) is 37.6 Å². The highest BCUT2D eigenvalue weighted by molar-refractivity contribution is 8.26. The molecule has 5 nitrogen and oxygen atoms in total. The van der Waals surface area contributed by atoms with Gasteiger partial charge in [-0.25, -0.2) is 9.07 Å². The molecular formula is C23H20FN3O2S2. The molecule has 2 aromatic carbocycles. The Hall–Kier alpha value is -2.81. The van der Waals surface area contributed by atoms with E-state index in [2.05, 4.69) is 0 Å². The van der Waals surface area contributed by atoms with Crippen molar-refractivity contribution in [3.8, 4) is 16.9 Å². The van der Waals surface area contributed by atoms with E-state index in [-0.39, 0.29) is 11.7 Å². The van der Waals surface area contributed by atoms with Gasteiger partial charge in [-0.05, 0) is 48.9 Å². The van der Waals surface area contributed by atoms with E-state index in [1.165, 1.54) is 23.9 Å². The van der Waals surface area contributed by atoms with E-state index in [0.29, 0.717) is 34.5 Å². The van der Waals surface area contributed by atoms with Crippen LogP contribution in [0.15, 0.2) is 65.7 Å². The van der Waals surface area contributed by atoms with Gasteiger partial charge in [0.15, 0.2) is 0 Å². The molecule has 0 aliphatic carbocycles. The number of ether oxygens (including phenoxy) is 1. The smallest absolute Gasteiger partial charge is 0.266 e. The summed E-state index contributed by atoms with van der Waals surface area (Å²) in [5.41, 5.74) is 3.07. The third-order valence-corrected chi connectivity index (χ3v) is 6.15. The Bertz CT molecular complexity index is 1130. The lowest BCUT2D eigenvalue weighted by atomic mass is 10.1. The first-order valence-electron chi connectivity index (χ1n) is 9.72. The monoisotopic (exact) mass is 453 g/mol. The van der Waals surface area contributed by atoms with Gasteiger partial charge < -0.3 is 4.74 Å². The zero-order valence-electron chi connectivity index (χ0n) is 16.8. The van der Waals surface area contributed by atoms with Crippen LogP contribution in [0.2, 0.25) is 0 Å². The lowest BCUT2D eigenvalue weighted by molar-refractivity contribution is -0.122. The Morgan fingerprint density at radius 1 is 1.16 bits per heavy atom. The number of thiocarbonyl (C=S) groups is 1. The Morgan fingerprint density at radius 3 is 2.61 bits per heavy atom. The summed E-state index contributed by atoms with van der Waals surface area (Å²) >= 11 is 6.68. The van der Waals surface area contributed by atoms with E-state index in [1.807, 2.05) is 36.5 Å². The molecule has 158 valence electrons. The van der Waals surface area contributed by atoms with Crippen molar-refractivity contribution in [1.29, 1.82) is 0 Å². The molecule has 2 heterocycles. The molecule has 0 unspecified atom stereocenters. The minimum atomic E-state index is -0.315. The number of nitrogens with zero attached hydrogens (tertiary/aromatic N) is 3. The molecule has 0 N–H and O–H groups in total. The number of methoxy groups -OCH3 is 1. The molecule has 8 heteroatoms. The number of rotatable bonds is 7. The van der Waals surface area contributed by atoms with Crippen LogP contribution in [0.1, 0.15) is 12.0 Å².